The summed E-state index contributed by atoms with van der Waals surface area (Å²) in [5, 5.41) is 3.64. The molecule has 0 saturated carbocycles. The topological polar surface area (TPSA) is 79.7 Å². The van der Waals surface area contributed by atoms with Gasteiger partial charge in [-0.2, -0.15) is 0 Å². The van der Waals surface area contributed by atoms with E-state index in [9.17, 15) is 9.59 Å². The Morgan fingerprint density at radius 1 is 1.05 bits per heavy atom. The molecule has 1 aliphatic heterocycles. The van der Waals surface area contributed by atoms with E-state index in [1.54, 1.807) is 4.57 Å². The highest BCUT2D eigenvalue weighted by atomic mass is 16.5. The molecule has 2 atom stereocenters. The number of para-hydroxylation sites is 2. The number of anilines is 1. The number of piperazine rings is 1. The molecular weight excluding hydrogens is 490 g/mol. The van der Waals surface area contributed by atoms with E-state index in [2.05, 4.69) is 24.1 Å². The second kappa shape index (κ2) is 11.3. The highest BCUT2D eigenvalue weighted by molar-refractivity contribution is 5.90. The molecule has 1 aromatic heterocycles. The average molecular weight is 526 g/mol. The third kappa shape index (κ3) is 5.38. The molecule has 4 aromatic rings. The summed E-state index contributed by atoms with van der Waals surface area (Å²) in [5.41, 5.74) is 3.17. The van der Waals surface area contributed by atoms with Gasteiger partial charge in [0.2, 0.25) is 0 Å². The summed E-state index contributed by atoms with van der Waals surface area (Å²) in [4.78, 5) is 36.0. The number of aryl methyl sites for hydroxylation is 1. The smallest absolute Gasteiger partial charge is 0.322 e. The Balaban J connectivity index is 1.42. The second-order valence-corrected chi connectivity index (χ2v) is 10.0. The number of fused-ring (bicyclic) bond motifs is 1. The molecule has 1 fully saturated rings. The van der Waals surface area contributed by atoms with Crippen molar-refractivity contribution in [3.63, 3.8) is 0 Å². The number of aromatic nitrogens is 2. The summed E-state index contributed by atoms with van der Waals surface area (Å²) in [5.74, 6) is 1.43. The molecule has 202 valence electrons. The van der Waals surface area contributed by atoms with Crippen LogP contribution in [0, 0.1) is 6.92 Å². The fourth-order valence-corrected chi connectivity index (χ4v) is 5.24. The summed E-state index contributed by atoms with van der Waals surface area (Å²) in [6, 6.07) is 22.5. The average Bonchev–Trinajstić information content (AvgIpc) is 2.94. The Kier molecular flexibility index (Phi) is 7.65. The van der Waals surface area contributed by atoms with Gasteiger partial charge in [0, 0.05) is 31.4 Å². The number of hydrogen-bond acceptors (Lipinski definition) is 5. The molecule has 1 N–H and O–H groups in total. The largest absolute Gasteiger partial charge is 0.494 e. The van der Waals surface area contributed by atoms with Crippen molar-refractivity contribution in [2.24, 2.45) is 0 Å². The van der Waals surface area contributed by atoms with Crippen LogP contribution in [0.2, 0.25) is 0 Å². The molecule has 0 aliphatic carbocycles. The van der Waals surface area contributed by atoms with Crippen LogP contribution < -0.4 is 15.6 Å². The minimum atomic E-state index is -0.155. The van der Waals surface area contributed by atoms with E-state index >= 15 is 0 Å². The Bertz CT molecular complexity index is 1530. The van der Waals surface area contributed by atoms with Crippen molar-refractivity contribution in [2.75, 3.05) is 31.6 Å². The van der Waals surface area contributed by atoms with E-state index in [1.165, 1.54) is 0 Å². The molecule has 5 rings (SSSR count). The van der Waals surface area contributed by atoms with Gasteiger partial charge in [-0.15, -0.1) is 0 Å². The number of ether oxygens (including phenoxy) is 1. The quantitative estimate of drug-likeness (QED) is 0.365. The van der Waals surface area contributed by atoms with E-state index < -0.39 is 0 Å². The van der Waals surface area contributed by atoms with Gasteiger partial charge < -0.3 is 15.0 Å². The van der Waals surface area contributed by atoms with Crippen LogP contribution in [0.3, 0.4) is 0 Å². The van der Waals surface area contributed by atoms with Crippen LogP contribution in [0.25, 0.3) is 16.6 Å². The van der Waals surface area contributed by atoms with Gasteiger partial charge in [0.15, 0.2) is 0 Å². The summed E-state index contributed by atoms with van der Waals surface area (Å²) in [7, 11) is 0. The molecule has 0 spiro atoms. The maximum Gasteiger partial charge on any atom is 0.322 e. The van der Waals surface area contributed by atoms with E-state index in [0.29, 0.717) is 43.0 Å². The number of hydrogen-bond donors (Lipinski definition) is 1. The van der Waals surface area contributed by atoms with Crippen LogP contribution in [0.15, 0.2) is 77.6 Å². The molecule has 8 heteroatoms. The molecule has 39 heavy (non-hydrogen) atoms. The van der Waals surface area contributed by atoms with Crippen molar-refractivity contribution in [3.8, 4) is 11.4 Å². The lowest BCUT2D eigenvalue weighted by Gasteiger charge is -2.42. The van der Waals surface area contributed by atoms with Crippen molar-refractivity contribution in [3.05, 3.63) is 94.5 Å². The first kappa shape index (κ1) is 26.4. The van der Waals surface area contributed by atoms with Crippen LogP contribution in [-0.2, 0) is 0 Å². The molecule has 2 heterocycles. The summed E-state index contributed by atoms with van der Waals surface area (Å²) >= 11 is 0. The molecule has 0 radical (unpaired) electrons. The van der Waals surface area contributed by atoms with Gasteiger partial charge in [-0.1, -0.05) is 30.3 Å². The van der Waals surface area contributed by atoms with Gasteiger partial charge in [0.05, 0.1) is 29.2 Å². The maximum absolute atomic E-state index is 13.8. The standard InChI is InChI=1S/C31H35N5O3/c1-5-39-25-16-14-24(15-17-25)36-29(32-28-13-9-7-11-26(28)30(36)37)23(4)34-18-19-35(22(3)20-34)31(38)33-27-12-8-6-10-21(27)2/h6-17,22-23H,5,18-20H2,1-4H3,(H,33,38). The first-order valence-corrected chi connectivity index (χ1v) is 13.5. The Hall–Kier alpha value is -4.17. The first-order chi connectivity index (χ1) is 18.9. The first-order valence-electron chi connectivity index (χ1n) is 13.5. The molecule has 0 bridgehead atoms. The summed E-state index contributed by atoms with van der Waals surface area (Å²) in [6.07, 6.45) is 0. The lowest BCUT2D eigenvalue weighted by Crippen LogP contribution is -2.55. The van der Waals surface area contributed by atoms with Gasteiger partial charge in [-0.25, -0.2) is 9.78 Å². The minimum absolute atomic E-state index is 0.0173. The summed E-state index contributed by atoms with van der Waals surface area (Å²) in [6.45, 7) is 10.5. The van der Waals surface area contributed by atoms with E-state index in [1.807, 2.05) is 91.5 Å². The minimum Gasteiger partial charge on any atom is -0.494 e. The normalized spacial score (nSPS) is 16.7. The molecule has 8 nitrogen and oxygen atoms in total. The Labute approximate surface area is 228 Å². The number of carbonyl (C=O) groups is 1. The van der Waals surface area contributed by atoms with Gasteiger partial charge in [0.25, 0.3) is 5.56 Å². The fraction of sp³-hybridized carbons (Fsp3) is 0.323. The number of amides is 2. The van der Waals surface area contributed by atoms with Crippen LogP contribution >= 0.6 is 0 Å². The second-order valence-electron chi connectivity index (χ2n) is 10.0. The van der Waals surface area contributed by atoms with Crippen LogP contribution in [0.1, 0.15) is 38.2 Å². The monoisotopic (exact) mass is 525 g/mol. The molecule has 3 aromatic carbocycles. The number of carbonyl (C=O) groups excluding carboxylic acids is 1. The summed E-state index contributed by atoms with van der Waals surface area (Å²) < 4.78 is 7.32. The number of urea groups is 1. The zero-order valence-electron chi connectivity index (χ0n) is 22.9. The number of rotatable bonds is 6. The Morgan fingerprint density at radius 3 is 2.49 bits per heavy atom. The third-order valence-corrected chi connectivity index (χ3v) is 7.44. The third-order valence-electron chi connectivity index (χ3n) is 7.44. The lowest BCUT2D eigenvalue weighted by atomic mass is 10.1. The van der Waals surface area contributed by atoms with Gasteiger partial charge >= 0.3 is 6.03 Å². The van der Waals surface area contributed by atoms with E-state index in [-0.39, 0.29) is 23.7 Å². The number of nitrogens with zero attached hydrogens (tertiary/aromatic N) is 4. The molecule has 2 amide bonds. The number of benzene rings is 3. The van der Waals surface area contributed by atoms with Crippen molar-refractivity contribution in [2.45, 2.75) is 39.8 Å². The molecular formula is C31H35N5O3. The SMILES string of the molecule is CCOc1ccc(-n2c(C(C)N3CCN(C(=O)Nc4ccccc4C)C(C)C3)nc3ccccc3c2=O)cc1. The van der Waals surface area contributed by atoms with E-state index in [4.69, 9.17) is 9.72 Å². The zero-order valence-corrected chi connectivity index (χ0v) is 22.9. The predicted octanol–water partition coefficient (Wildman–Crippen LogP) is 5.39. The molecule has 2 unspecified atom stereocenters. The van der Waals surface area contributed by atoms with E-state index in [0.717, 1.165) is 22.7 Å². The Morgan fingerprint density at radius 2 is 1.77 bits per heavy atom. The van der Waals surface area contributed by atoms with Gasteiger partial charge in [-0.3, -0.25) is 14.3 Å². The van der Waals surface area contributed by atoms with Gasteiger partial charge in [0.1, 0.15) is 11.6 Å². The van der Waals surface area contributed by atoms with Crippen molar-refractivity contribution in [1.82, 2.24) is 19.4 Å². The molecule has 1 aliphatic rings. The fourth-order valence-electron chi connectivity index (χ4n) is 5.24. The lowest BCUT2D eigenvalue weighted by molar-refractivity contribution is 0.0801. The highest BCUT2D eigenvalue weighted by Crippen LogP contribution is 2.26. The van der Waals surface area contributed by atoms with Crippen molar-refractivity contribution < 1.29 is 9.53 Å². The predicted molar refractivity (Wildman–Crippen MR) is 155 cm³/mol. The van der Waals surface area contributed by atoms with Crippen molar-refractivity contribution >= 4 is 22.6 Å². The highest BCUT2D eigenvalue weighted by Gasteiger charge is 2.32. The maximum atomic E-state index is 13.8. The number of nitrogens with one attached hydrogen (secondary N) is 1. The van der Waals surface area contributed by atoms with Crippen molar-refractivity contribution in [1.29, 1.82) is 0 Å². The van der Waals surface area contributed by atoms with Gasteiger partial charge in [-0.05, 0) is 75.7 Å². The molecule has 1 saturated heterocycles. The van der Waals surface area contributed by atoms with Crippen LogP contribution in [0.4, 0.5) is 10.5 Å². The van der Waals surface area contributed by atoms with Crippen LogP contribution in [0.5, 0.6) is 5.75 Å². The van der Waals surface area contributed by atoms with Crippen LogP contribution in [-0.4, -0.2) is 57.7 Å². The zero-order chi connectivity index (χ0) is 27.5.